The van der Waals surface area contributed by atoms with E-state index in [1.165, 1.54) is 11.6 Å². The van der Waals surface area contributed by atoms with E-state index < -0.39 is 0 Å². The summed E-state index contributed by atoms with van der Waals surface area (Å²) < 4.78 is 2.55. The van der Waals surface area contributed by atoms with E-state index in [0.29, 0.717) is 28.3 Å². The summed E-state index contributed by atoms with van der Waals surface area (Å²) in [6.45, 7) is 8.42. The van der Waals surface area contributed by atoms with Crippen molar-refractivity contribution < 1.29 is 0 Å². The molecule has 0 spiro atoms. The molecule has 0 aromatic carbocycles. The van der Waals surface area contributed by atoms with Crippen LogP contribution in [0.2, 0.25) is 0 Å². The van der Waals surface area contributed by atoms with E-state index in [1.807, 2.05) is 0 Å². The van der Waals surface area contributed by atoms with E-state index in [4.69, 9.17) is 0 Å². The Kier molecular flexibility index (Phi) is 4.98. The summed E-state index contributed by atoms with van der Waals surface area (Å²) in [6, 6.07) is 0. The first-order chi connectivity index (χ1) is 10.7. The molecule has 0 aliphatic rings. The van der Waals surface area contributed by atoms with Gasteiger partial charge in [0.25, 0.3) is 5.56 Å². The Morgan fingerprint density at radius 1 is 1.09 bits per heavy atom. The summed E-state index contributed by atoms with van der Waals surface area (Å²) >= 11 is 1.55. The third-order valence-electron chi connectivity index (χ3n) is 3.44. The number of aromatic nitrogens is 4. The van der Waals surface area contributed by atoms with Crippen LogP contribution in [0, 0.1) is 5.41 Å². The highest BCUT2D eigenvalue weighted by Crippen LogP contribution is 2.25. The lowest BCUT2D eigenvalue weighted by Gasteiger charge is -2.18. The fraction of sp³-hybridized carbons (Fsp3) is 0.625. The highest BCUT2D eigenvalue weighted by atomic mass is 32.2. The van der Waals surface area contributed by atoms with Crippen LogP contribution in [0.5, 0.6) is 0 Å². The normalized spacial score (nSPS) is 12.1. The largest absolute Gasteiger partial charge is 0.332 e. The zero-order chi connectivity index (χ0) is 17.4. The third kappa shape index (κ3) is 3.65. The number of hydrogen-bond acceptors (Lipinski definition) is 5. The smallest absolute Gasteiger partial charge is 0.280 e. The van der Waals surface area contributed by atoms with Gasteiger partial charge in [0, 0.05) is 20.5 Å². The Hall–Kier alpha value is -1.63. The second kappa shape index (κ2) is 6.47. The van der Waals surface area contributed by atoms with Gasteiger partial charge in [0.1, 0.15) is 16.2 Å². The average Bonchev–Trinajstić information content (AvgIpc) is 2.46. The first kappa shape index (κ1) is 17.7. The molecule has 0 saturated carbocycles. The molecule has 0 amide bonds. The highest BCUT2D eigenvalue weighted by Gasteiger charge is 2.20. The SMILES string of the molecule is CCCSc1nc(CC(C)(C)C)nc2c1c(=O)n(C)c(=O)n2C. The van der Waals surface area contributed by atoms with Crippen molar-refractivity contribution in [1.29, 1.82) is 0 Å². The van der Waals surface area contributed by atoms with Gasteiger partial charge in [-0.1, -0.05) is 27.7 Å². The van der Waals surface area contributed by atoms with Crippen molar-refractivity contribution in [2.75, 3.05) is 5.75 Å². The van der Waals surface area contributed by atoms with Gasteiger partial charge in [-0.25, -0.2) is 14.8 Å². The van der Waals surface area contributed by atoms with Crippen molar-refractivity contribution in [2.24, 2.45) is 19.5 Å². The molecular weight excluding hydrogens is 312 g/mol. The van der Waals surface area contributed by atoms with E-state index in [9.17, 15) is 9.59 Å². The Labute approximate surface area is 140 Å². The summed E-state index contributed by atoms with van der Waals surface area (Å²) in [7, 11) is 3.13. The summed E-state index contributed by atoms with van der Waals surface area (Å²) in [6.07, 6.45) is 1.67. The van der Waals surface area contributed by atoms with Crippen LogP contribution in [0.3, 0.4) is 0 Å². The van der Waals surface area contributed by atoms with Gasteiger partial charge in [0.05, 0.1) is 0 Å². The summed E-state index contributed by atoms with van der Waals surface area (Å²) in [5.41, 5.74) is -0.247. The molecule has 0 atom stereocenters. The fourth-order valence-electron chi connectivity index (χ4n) is 2.33. The van der Waals surface area contributed by atoms with E-state index in [1.54, 1.807) is 18.8 Å². The zero-order valence-corrected chi connectivity index (χ0v) is 15.5. The van der Waals surface area contributed by atoms with Gasteiger partial charge in [-0.05, 0) is 17.6 Å². The molecule has 0 fully saturated rings. The standard InChI is InChI=1S/C16H24N4O2S/c1-7-8-23-13-11-12(17-10(18-13)9-16(2,3)4)19(5)15(22)20(6)14(11)21/h7-9H2,1-6H3. The zero-order valence-electron chi connectivity index (χ0n) is 14.6. The molecule has 0 saturated heterocycles. The predicted octanol–water partition coefficient (Wildman–Crippen LogP) is 2.12. The molecule has 2 aromatic heterocycles. The lowest BCUT2D eigenvalue weighted by atomic mass is 9.92. The summed E-state index contributed by atoms with van der Waals surface area (Å²) in [4.78, 5) is 33.9. The van der Waals surface area contributed by atoms with Gasteiger partial charge in [0.15, 0.2) is 5.65 Å². The number of fused-ring (bicyclic) bond motifs is 1. The van der Waals surface area contributed by atoms with Crippen LogP contribution >= 0.6 is 11.8 Å². The van der Waals surface area contributed by atoms with Crippen molar-refractivity contribution in [1.82, 2.24) is 19.1 Å². The van der Waals surface area contributed by atoms with Gasteiger partial charge in [-0.2, -0.15) is 0 Å². The first-order valence-corrected chi connectivity index (χ1v) is 8.73. The number of nitrogens with zero attached hydrogens (tertiary/aromatic N) is 4. The maximum Gasteiger partial charge on any atom is 0.332 e. The molecule has 0 radical (unpaired) electrons. The van der Waals surface area contributed by atoms with Gasteiger partial charge < -0.3 is 0 Å². The van der Waals surface area contributed by atoms with Crippen molar-refractivity contribution >= 4 is 22.8 Å². The minimum atomic E-state index is -0.366. The Morgan fingerprint density at radius 3 is 2.30 bits per heavy atom. The first-order valence-electron chi connectivity index (χ1n) is 7.75. The molecule has 0 aliphatic carbocycles. The maximum absolute atomic E-state index is 12.5. The van der Waals surface area contributed by atoms with Crippen molar-refractivity contribution in [2.45, 2.75) is 45.6 Å². The maximum atomic E-state index is 12.5. The minimum Gasteiger partial charge on any atom is -0.280 e. The van der Waals surface area contributed by atoms with E-state index in [2.05, 4.69) is 37.7 Å². The van der Waals surface area contributed by atoms with Crippen molar-refractivity contribution in [3.05, 3.63) is 26.7 Å². The Morgan fingerprint density at radius 2 is 1.74 bits per heavy atom. The summed E-state index contributed by atoms with van der Waals surface area (Å²) in [5.74, 6) is 1.54. The van der Waals surface area contributed by atoms with E-state index in [0.717, 1.165) is 16.7 Å². The number of aryl methyl sites for hydroxylation is 1. The van der Waals surface area contributed by atoms with Crippen LogP contribution in [0.1, 0.15) is 39.9 Å². The molecule has 23 heavy (non-hydrogen) atoms. The van der Waals surface area contributed by atoms with Crippen LogP contribution in [0.15, 0.2) is 14.6 Å². The second-order valence-electron chi connectivity index (χ2n) is 6.94. The van der Waals surface area contributed by atoms with Crippen molar-refractivity contribution in [3.63, 3.8) is 0 Å². The number of thioether (sulfide) groups is 1. The minimum absolute atomic E-state index is 0.0268. The van der Waals surface area contributed by atoms with Crippen LogP contribution < -0.4 is 11.2 Å². The van der Waals surface area contributed by atoms with Crippen LogP contribution in [-0.4, -0.2) is 24.9 Å². The topological polar surface area (TPSA) is 69.8 Å². The van der Waals surface area contributed by atoms with Crippen LogP contribution in [-0.2, 0) is 20.5 Å². The number of rotatable bonds is 4. The Bertz CT molecular complexity index is 846. The molecule has 6 nitrogen and oxygen atoms in total. The van der Waals surface area contributed by atoms with Crippen molar-refractivity contribution in [3.8, 4) is 0 Å². The molecule has 0 aliphatic heterocycles. The van der Waals surface area contributed by atoms with E-state index >= 15 is 0 Å². The third-order valence-corrected chi connectivity index (χ3v) is 4.63. The molecule has 7 heteroatoms. The lowest BCUT2D eigenvalue weighted by Crippen LogP contribution is -2.38. The van der Waals surface area contributed by atoms with Gasteiger partial charge in [-0.3, -0.25) is 13.9 Å². The number of hydrogen-bond donors (Lipinski definition) is 0. The van der Waals surface area contributed by atoms with Gasteiger partial charge in [-0.15, -0.1) is 11.8 Å². The summed E-state index contributed by atoms with van der Waals surface area (Å²) in [5, 5.41) is 1.11. The van der Waals surface area contributed by atoms with Crippen LogP contribution in [0.25, 0.3) is 11.0 Å². The average molecular weight is 336 g/mol. The molecule has 2 rings (SSSR count). The predicted molar refractivity (Wildman–Crippen MR) is 94.2 cm³/mol. The molecule has 126 valence electrons. The molecular formula is C16H24N4O2S. The molecule has 0 N–H and O–H groups in total. The molecule has 2 heterocycles. The monoisotopic (exact) mass is 336 g/mol. The lowest BCUT2D eigenvalue weighted by molar-refractivity contribution is 0.399. The van der Waals surface area contributed by atoms with Crippen LogP contribution in [0.4, 0.5) is 0 Å². The molecule has 0 bridgehead atoms. The quantitative estimate of drug-likeness (QED) is 0.632. The van der Waals surface area contributed by atoms with Gasteiger partial charge in [0.2, 0.25) is 0 Å². The van der Waals surface area contributed by atoms with Gasteiger partial charge >= 0.3 is 5.69 Å². The molecule has 0 unspecified atom stereocenters. The highest BCUT2D eigenvalue weighted by molar-refractivity contribution is 7.99. The Balaban J connectivity index is 2.81. The fourth-order valence-corrected chi connectivity index (χ4v) is 3.22. The molecule has 2 aromatic rings. The van der Waals surface area contributed by atoms with E-state index in [-0.39, 0.29) is 16.7 Å². The second-order valence-corrected chi connectivity index (χ2v) is 8.02.